The molecule has 1 aliphatic rings. The van der Waals surface area contributed by atoms with E-state index in [-0.39, 0.29) is 5.97 Å². The lowest BCUT2D eigenvalue weighted by Gasteiger charge is -2.12. The van der Waals surface area contributed by atoms with E-state index in [1.165, 1.54) is 23.8 Å². The molecule has 88 valence electrons. The third-order valence-corrected chi connectivity index (χ3v) is 3.27. The number of methoxy groups -OCH3 is 1. The molecule has 0 aliphatic carbocycles. The van der Waals surface area contributed by atoms with Gasteiger partial charge in [-0.1, -0.05) is 6.07 Å². The summed E-state index contributed by atoms with van der Waals surface area (Å²) in [7, 11) is 1.40. The molecule has 0 spiro atoms. The molecule has 0 radical (unpaired) electrons. The first kappa shape index (κ1) is 10.4. The zero-order chi connectivity index (χ0) is 11.8. The molecule has 17 heavy (non-hydrogen) atoms. The van der Waals surface area contributed by atoms with Crippen LogP contribution in [-0.2, 0) is 17.7 Å². The molecule has 0 fully saturated rings. The van der Waals surface area contributed by atoms with Gasteiger partial charge in [-0.25, -0.2) is 4.79 Å². The normalized spacial score (nSPS) is 14.6. The van der Waals surface area contributed by atoms with E-state index in [0.29, 0.717) is 5.56 Å². The van der Waals surface area contributed by atoms with Gasteiger partial charge < -0.3 is 15.0 Å². The molecule has 0 unspecified atom stereocenters. The SMILES string of the molecule is COC(=O)c1ccc2c3c([nH]c2c1)CNCC3. The summed E-state index contributed by atoms with van der Waals surface area (Å²) in [4.78, 5) is 14.8. The number of carbonyl (C=O) groups is 1. The Morgan fingerprint density at radius 2 is 2.29 bits per heavy atom. The van der Waals surface area contributed by atoms with Crippen LogP contribution >= 0.6 is 0 Å². The topological polar surface area (TPSA) is 54.1 Å². The summed E-state index contributed by atoms with van der Waals surface area (Å²) in [5.41, 5.74) is 4.21. The molecule has 0 saturated carbocycles. The molecule has 4 nitrogen and oxygen atoms in total. The van der Waals surface area contributed by atoms with E-state index in [9.17, 15) is 4.79 Å². The van der Waals surface area contributed by atoms with Crippen LogP contribution in [-0.4, -0.2) is 24.6 Å². The van der Waals surface area contributed by atoms with Gasteiger partial charge in [0.25, 0.3) is 0 Å². The van der Waals surface area contributed by atoms with Crippen molar-refractivity contribution in [1.82, 2.24) is 10.3 Å². The molecule has 2 aromatic rings. The Morgan fingerprint density at radius 1 is 1.41 bits per heavy atom. The Balaban J connectivity index is 2.14. The monoisotopic (exact) mass is 230 g/mol. The first-order valence-corrected chi connectivity index (χ1v) is 5.72. The number of aromatic nitrogens is 1. The largest absolute Gasteiger partial charge is 0.465 e. The fraction of sp³-hybridized carbons (Fsp3) is 0.308. The van der Waals surface area contributed by atoms with Crippen molar-refractivity contribution in [3.05, 3.63) is 35.0 Å². The highest BCUT2D eigenvalue weighted by Gasteiger charge is 2.16. The molecule has 0 bridgehead atoms. The van der Waals surface area contributed by atoms with Crippen molar-refractivity contribution in [2.24, 2.45) is 0 Å². The van der Waals surface area contributed by atoms with Gasteiger partial charge in [0.1, 0.15) is 0 Å². The zero-order valence-electron chi connectivity index (χ0n) is 9.67. The number of H-pyrrole nitrogens is 1. The van der Waals surface area contributed by atoms with Gasteiger partial charge in [0.2, 0.25) is 0 Å². The van der Waals surface area contributed by atoms with E-state index in [2.05, 4.69) is 10.3 Å². The second-order valence-electron chi connectivity index (χ2n) is 4.26. The maximum atomic E-state index is 11.5. The number of fused-ring (bicyclic) bond motifs is 3. The number of esters is 1. The number of hydrogen-bond acceptors (Lipinski definition) is 3. The van der Waals surface area contributed by atoms with Crippen LogP contribution in [0, 0.1) is 0 Å². The molecule has 3 rings (SSSR count). The van der Waals surface area contributed by atoms with Crippen LogP contribution < -0.4 is 5.32 Å². The predicted molar refractivity (Wildman–Crippen MR) is 65.0 cm³/mol. The molecule has 1 aromatic heterocycles. The summed E-state index contributed by atoms with van der Waals surface area (Å²) in [5, 5.41) is 4.54. The van der Waals surface area contributed by atoms with Crippen molar-refractivity contribution in [2.75, 3.05) is 13.7 Å². The van der Waals surface area contributed by atoms with Crippen molar-refractivity contribution in [3.8, 4) is 0 Å². The fourth-order valence-corrected chi connectivity index (χ4v) is 2.42. The van der Waals surface area contributed by atoms with Crippen LogP contribution in [0.3, 0.4) is 0 Å². The van der Waals surface area contributed by atoms with Gasteiger partial charge in [0, 0.05) is 23.1 Å². The Hall–Kier alpha value is -1.81. The van der Waals surface area contributed by atoms with Crippen molar-refractivity contribution >= 4 is 16.9 Å². The van der Waals surface area contributed by atoms with Crippen LogP contribution in [0.5, 0.6) is 0 Å². The number of nitrogens with one attached hydrogen (secondary N) is 2. The van der Waals surface area contributed by atoms with Gasteiger partial charge >= 0.3 is 5.97 Å². The van der Waals surface area contributed by atoms with Gasteiger partial charge in [-0.15, -0.1) is 0 Å². The van der Waals surface area contributed by atoms with E-state index < -0.39 is 0 Å². The zero-order valence-corrected chi connectivity index (χ0v) is 9.67. The molecule has 2 heterocycles. The Bertz CT molecular complexity index is 586. The number of rotatable bonds is 1. The molecule has 0 saturated heterocycles. The molecule has 0 atom stereocenters. The van der Waals surface area contributed by atoms with Gasteiger partial charge in [-0.2, -0.15) is 0 Å². The highest BCUT2D eigenvalue weighted by molar-refractivity contribution is 5.95. The summed E-state index contributed by atoms with van der Waals surface area (Å²) >= 11 is 0. The molecular formula is C13H14N2O2. The average molecular weight is 230 g/mol. The number of carbonyl (C=O) groups excluding carboxylic acids is 1. The van der Waals surface area contributed by atoms with E-state index in [0.717, 1.165) is 25.0 Å². The maximum Gasteiger partial charge on any atom is 0.337 e. The second-order valence-corrected chi connectivity index (χ2v) is 4.26. The van der Waals surface area contributed by atoms with Crippen LogP contribution in [0.2, 0.25) is 0 Å². The van der Waals surface area contributed by atoms with E-state index in [1.54, 1.807) is 0 Å². The average Bonchev–Trinajstić information content (AvgIpc) is 2.75. The summed E-state index contributed by atoms with van der Waals surface area (Å²) < 4.78 is 4.72. The second kappa shape index (κ2) is 3.89. The van der Waals surface area contributed by atoms with Crippen LogP contribution in [0.25, 0.3) is 10.9 Å². The first-order chi connectivity index (χ1) is 8.29. The number of aromatic amines is 1. The van der Waals surface area contributed by atoms with E-state index >= 15 is 0 Å². The highest BCUT2D eigenvalue weighted by atomic mass is 16.5. The Morgan fingerprint density at radius 3 is 3.12 bits per heavy atom. The number of ether oxygens (including phenoxy) is 1. The van der Waals surface area contributed by atoms with E-state index in [4.69, 9.17) is 4.74 Å². The quantitative estimate of drug-likeness (QED) is 0.732. The minimum Gasteiger partial charge on any atom is -0.465 e. The molecule has 0 amide bonds. The summed E-state index contributed by atoms with van der Waals surface area (Å²) in [5.74, 6) is -0.294. The van der Waals surface area contributed by atoms with Gasteiger partial charge in [0.15, 0.2) is 0 Å². The lowest BCUT2D eigenvalue weighted by atomic mass is 10.0. The third kappa shape index (κ3) is 1.61. The van der Waals surface area contributed by atoms with Gasteiger partial charge in [-0.05, 0) is 30.7 Å². The number of hydrogen-bond donors (Lipinski definition) is 2. The molecule has 4 heteroatoms. The lowest BCUT2D eigenvalue weighted by Crippen LogP contribution is -2.22. The molecule has 2 N–H and O–H groups in total. The Labute approximate surface area is 99.0 Å². The first-order valence-electron chi connectivity index (χ1n) is 5.72. The highest BCUT2D eigenvalue weighted by Crippen LogP contribution is 2.25. The van der Waals surface area contributed by atoms with Crippen molar-refractivity contribution in [2.45, 2.75) is 13.0 Å². The molecule has 1 aromatic carbocycles. The Kier molecular flexibility index (Phi) is 2.37. The lowest BCUT2D eigenvalue weighted by molar-refractivity contribution is 0.0601. The van der Waals surface area contributed by atoms with Gasteiger partial charge in [0.05, 0.1) is 12.7 Å². The number of benzene rings is 1. The van der Waals surface area contributed by atoms with Crippen LogP contribution in [0.15, 0.2) is 18.2 Å². The van der Waals surface area contributed by atoms with Crippen LogP contribution in [0.1, 0.15) is 21.6 Å². The molecule has 1 aliphatic heterocycles. The maximum absolute atomic E-state index is 11.5. The third-order valence-electron chi connectivity index (χ3n) is 3.27. The summed E-state index contributed by atoms with van der Waals surface area (Å²) in [6, 6.07) is 5.69. The smallest absolute Gasteiger partial charge is 0.337 e. The van der Waals surface area contributed by atoms with Crippen LogP contribution in [0.4, 0.5) is 0 Å². The summed E-state index contributed by atoms with van der Waals surface area (Å²) in [6.45, 7) is 1.89. The predicted octanol–water partition coefficient (Wildman–Crippen LogP) is 1.60. The van der Waals surface area contributed by atoms with E-state index in [1.807, 2.05) is 18.2 Å². The molecular weight excluding hydrogens is 216 g/mol. The van der Waals surface area contributed by atoms with Crippen molar-refractivity contribution in [3.63, 3.8) is 0 Å². The standard InChI is InChI=1S/C13H14N2O2/c1-17-13(16)8-2-3-9-10-4-5-14-7-12(10)15-11(9)6-8/h2-3,6,14-15H,4-5,7H2,1H3. The van der Waals surface area contributed by atoms with Crippen molar-refractivity contribution in [1.29, 1.82) is 0 Å². The van der Waals surface area contributed by atoms with Crippen molar-refractivity contribution < 1.29 is 9.53 Å². The minimum atomic E-state index is -0.294. The summed E-state index contributed by atoms with van der Waals surface area (Å²) in [6.07, 6.45) is 1.03. The minimum absolute atomic E-state index is 0.294. The fourth-order valence-electron chi connectivity index (χ4n) is 2.42. The van der Waals surface area contributed by atoms with Gasteiger partial charge in [-0.3, -0.25) is 0 Å².